The fourth-order valence-electron chi connectivity index (χ4n) is 2.56. The molecule has 1 aliphatic heterocycles. The summed E-state index contributed by atoms with van der Waals surface area (Å²) in [5.74, 6) is -0.946. The van der Waals surface area contributed by atoms with Gasteiger partial charge in [-0.25, -0.2) is 9.59 Å². The molecule has 0 aromatic heterocycles. The number of carbonyl (C=O) groups excluding carboxylic acids is 2. The van der Waals surface area contributed by atoms with Crippen LogP contribution >= 0.6 is 0 Å². The Labute approximate surface area is 135 Å². The molecule has 0 atom stereocenters. The standard InChI is InChI=1S/C17H21NO5/c1-11(2)12-7-5-6-8-14(12)18-10-23-9-13(16(19)21-3)15(18)17(20)22-4/h5-8,11H,9-10H2,1-4H3. The second-order valence-corrected chi connectivity index (χ2v) is 5.43. The molecular weight excluding hydrogens is 298 g/mol. The molecule has 0 aliphatic carbocycles. The summed E-state index contributed by atoms with van der Waals surface area (Å²) in [6.45, 7) is 4.30. The Balaban J connectivity index is 2.60. The Kier molecular flexibility index (Phi) is 5.39. The summed E-state index contributed by atoms with van der Waals surface area (Å²) in [6.07, 6.45) is 0. The number of carbonyl (C=O) groups is 2. The molecule has 1 aromatic carbocycles. The Morgan fingerprint density at radius 2 is 1.78 bits per heavy atom. The van der Waals surface area contributed by atoms with E-state index < -0.39 is 11.9 Å². The number of hydrogen-bond acceptors (Lipinski definition) is 6. The minimum atomic E-state index is -0.600. The van der Waals surface area contributed by atoms with Crippen molar-refractivity contribution in [1.82, 2.24) is 0 Å². The minimum absolute atomic E-state index is 0.0114. The molecule has 6 nitrogen and oxygen atoms in total. The number of hydrogen-bond donors (Lipinski definition) is 0. The van der Waals surface area contributed by atoms with Crippen LogP contribution in [0.15, 0.2) is 35.5 Å². The second kappa shape index (κ2) is 7.28. The van der Waals surface area contributed by atoms with Crippen LogP contribution < -0.4 is 4.90 Å². The van der Waals surface area contributed by atoms with E-state index in [-0.39, 0.29) is 30.5 Å². The lowest BCUT2D eigenvalue weighted by atomic mass is 9.99. The lowest BCUT2D eigenvalue weighted by molar-refractivity contribution is -0.140. The molecule has 2 rings (SSSR count). The predicted octanol–water partition coefficient (Wildman–Crippen LogP) is 2.20. The van der Waals surface area contributed by atoms with Gasteiger partial charge >= 0.3 is 11.9 Å². The van der Waals surface area contributed by atoms with E-state index >= 15 is 0 Å². The van der Waals surface area contributed by atoms with Gasteiger partial charge in [-0.05, 0) is 17.5 Å². The third-order valence-electron chi connectivity index (χ3n) is 3.68. The molecule has 0 N–H and O–H groups in total. The first-order chi connectivity index (χ1) is 11.0. The van der Waals surface area contributed by atoms with Gasteiger partial charge < -0.3 is 19.1 Å². The van der Waals surface area contributed by atoms with Crippen molar-refractivity contribution in [3.05, 3.63) is 41.1 Å². The number of benzene rings is 1. The lowest BCUT2D eigenvalue weighted by Gasteiger charge is -2.33. The van der Waals surface area contributed by atoms with Crippen molar-refractivity contribution in [2.75, 3.05) is 32.5 Å². The zero-order chi connectivity index (χ0) is 17.0. The molecule has 0 spiro atoms. The van der Waals surface area contributed by atoms with E-state index in [1.54, 1.807) is 4.90 Å². The minimum Gasteiger partial charge on any atom is -0.466 e. The fourth-order valence-corrected chi connectivity index (χ4v) is 2.56. The maximum absolute atomic E-state index is 12.3. The summed E-state index contributed by atoms with van der Waals surface area (Å²) < 4.78 is 15.1. The number of ether oxygens (including phenoxy) is 3. The third-order valence-corrected chi connectivity index (χ3v) is 3.68. The van der Waals surface area contributed by atoms with Crippen LogP contribution in [0.25, 0.3) is 0 Å². The normalized spacial score (nSPS) is 14.9. The average Bonchev–Trinajstić information content (AvgIpc) is 2.59. The summed E-state index contributed by atoms with van der Waals surface area (Å²) in [5.41, 5.74) is 2.18. The molecule has 0 unspecified atom stereocenters. The number of para-hydroxylation sites is 1. The van der Waals surface area contributed by atoms with Crippen molar-refractivity contribution in [2.24, 2.45) is 0 Å². The summed E-state index contributed by atoms with van der Waals surface area (Å²) in [5, 5.41) is 0. The van der Waals surface area contributed by atoms with E-state index in [0.717, 1.165) is 11.3 Å². The zero-order valence-electron chi connectivity index (χ0n) is 13.8. The smallest absolute Gasteiger partial charge is 0.355 e. The molecule has 1 aromatic rings. The monoisotopic (exact) mass is 319 g/mol. The summed E-state index contributed by atoms with van der Waals surface area (Å²) >= 11 is 0. The molecule has 0 amide bonds. The second-order valence-electron chi connectivity index (χ2n) is 5.43. The van der Waals surface area contributed by atoms with Gasteiger partial charge in [0.1, 0.15) is 12.4 Å². The number of esters is 2. The molecule has 0 saturated carbocycles. The first-order valence-corrected chi connectivity index (χ1v) is 7.35. The summed E-state index contributed by atoms with van der Waals surface area (Å²) in [6, 6.07) is 7.69. The highest BCUT2D eigenvalue weighted by atomic mass is 16.5. The first-order valence-electron chi connectivity index (χ1n) is 7.35. The lowest BCUT2D eigenvalue weighted by Crippen LogP contribution is -2.39. The van der Waals surface area contributed by atoms with E-state index in [1.165, 1.54) is 14.2 Å². The van der Waals surface area contributed by atoms with Gasteiger partial charge in [0.25, 0.3) is 0 Å². The summed E-state index contributed by atoms with van der Waals surface area (Å²) in [4.78, 5) is 25.9. The first kappa shape index (κ1) is 17.0. The van der Waals surface area contributed by atoms with E-state index in [4.69, 9.17) is 14.2 Å². The van der Waals surface area contributed by atoms with Crippen molar-refractivity contribution in [2.45, 2.75) is 19.8 Å². The Bertz CT molecular complexity index is 636. The molecule has 1 aliphatic rings. The number of anilines is 1. The molecule has 0 bridgehead atoms. The van der Waals surface area contributed by atoms with E-state index in [2.05, 4.69) is 13.8 Å². The summed E-state index contributed by atoms with van der Waals surface area (Å²) in [7, 11) is 2.55. The number of rotatable bonds is 4. The van der Waals surface area contributed by atoms with Gasteiger partial charge in [0.2, 0.25) is 0 Å². The maximum Gasteiger partial charge on any atom is 0.355 e. The van der Waals surface area contributed by atoms with Gasteiger partial charge in [0.05, 0.1) is 26.4 Å². The molecule has 23 heavy (non-hydrogen) atoms. The largest absolute Gasteiger partial charge is 0.466 e. The van der Waals surface area contributed by atoms with Crippen molar-refractivity contribution in [3.63, 3.8) is 0 Å². The van der Waals surface area contributed by atoms with E-state index in [0.29, 0.717) is 0 Å². The van der Waals surface area contributed by atoms with Gasteiger partial charge in [-0.1, -0.05) is 32.0 Å². The van der Waals surface area contributed by atoms with E-state index in [1.807, 2.05) is 24.3 Å². The zero-order valence-corrected chi connectivity index (χ0v) is 13.8. The maximum atomic E-state index is 12.3. The van der Waals surface area contributed by atoms with Crippen molar-refractivity contribution in [1.29, 1.82) is 0 Å². The van der Waals surface area contributed by atoms with Crippen LogP contribution in [0.1, 0.15) is 25.3 Å². The van der Waals surface area contributed by atoms with Crippen LogP contribution in [-0.2, 0) is 23.8 Å². The molecule has 0 radical (unpaired) electrons. The third kappa shape index (κ3) is 3.37. The van der Waals surface area contributed by atoms with Gasteiger partial charge in [-0.3, -0.25) is 0 Å². The molecule has 1 heterocycles. The topological polar surface area (TPSA) is 65.1 Å². The Hall–Kier alpha value is -2.34. The van der Waals surface area contributed by atoms with Crippen LogP contribution in [-0.4, -0.2) is 39.5 Å². The van der Waals surface area contributed by atoms with Crippen LogP contribution in [0.2, 0.25) is 0 Å². The van der Waals surface area contributed by atoms with E-state index in [9.17, 15) is 9.59 Å². The molecule has 6 heteroatoms. The highest BCUT2D eigenvalue weighted by Gasteiger charge is 2.33. The predicted molar refractivity (Wildman–Crippen MR) is 84.9 cm³/mol. The SMILES string of the molecule is COC(=O)C1=C(C(=O)OC)N(c2ccccc2C(C)C)COC1. The Morgan fingerprint density at radius 3 is 2.39 bits per heavy atom. The number of nitrogens with zero attached hydrogens (tertiary/aromatic N) is 1. The van der Waals surface area contributed by atoms with Crippen LogP contribution in [0, 0.1) is 0 Å². The highest BCUT2D eigenvalue weighted by Crippen LogP contribution is 2.32. The van der Waals surface area contributed by atoms with Gasteiger partial charge in [0, 0.05) is 5.69 Å². The molecule has 0 fully saturated rings. The van der Waals surface area contributed by atoms with Crippen molar-refractivity contribution < 1.29 is 23.8 Å². The van der Waals surface area contributed by atoms with Crippen molar-refractivity contribution in [3.8, 4) is 0 Å². The van der Waals surface area contributed by atoms with Gasteiger partial charge in [-0.2, -0.15) is 0 Å². The fraction of sp³-hybridized carbons (Fsp3) is 0.412. The van der Waals surface area contributed by atoms with Crippen LogP contribution in [0.3, 0.4) is 0 Å². The molecular formula is C17H21NO5. The van der Waals surface area contributed by atoms with Gasteiger partial charge in [0.15, 0.2) is 0 Å². The molecule has 0 saturated heterocycles. The average molecular weight is 319 g/mol. The highest BCUT2D eigenvalue weighted by molar-refractivity contribution is 6.03. The van der Waals surface area contributed by atoms with Crippen LogP contribution in [0.4, 0.5) is 5.69 Å². The quantitative estimate of drug-likeness (QED) is 0.793. The van der Waals surface area contributed by atoms with Gasteiger partial charge in [-0.15, -0.1) is 0 Å². The van der Waals surface area contributed by atoms with Crippen LogP contribution in [0.5, 0.6) is 0 Å². The molecule has 124 valence electrons. The Morgan fingerprint density at radius 1 is 1.13 bits per heavy atom. The number of methoxy groups -OCH3 is 2. The van der Waals surface area contributed by atoms with Crippen molar-refractivity contribution >= 4 is 17.6 Å².